The minimum Gasteiger partial charge on any atom is -0.393 e. The zero-order chi connectivity index (χ0) is 12.6. The van der Waals surface area contributed by atoms with Crippen LogP contribution >= 0.6 is 0 Å². The molecule has 0 saturated carbocycles. The van der Waals surface area contributed by atoms with E-state index in [1.807, 2.05) is 0 Å². The summed E-state index contributed by atoms with van der Waals surface area (Å²) in [6, 6.07) is 0. The fraction of sp³-hybridized carbons (Fsp3) is 0.556. The van der Waals surface area contributed by atoms with Crippen molar-refractivity contribution in [3.8, 4) is 0 Å². The first-order chi connectivity index (χ1) is 8.02. The van der Waals surface area contributed by atoms with Crippen LogP contribution in [0.4, 0.5) is 4.39 Å². The van der Waals surface area contributed by atoms with Crippen LogP contribution in [0.2, 0.25) is 0 Å². The first-order valence-electron chi connectivity index (χ1n) is 4.91. The molecule has 1 aliphatic heterocycles. The largest absolute Gasteiger partial charge is 0.393 e. The summed E-state index contributed by atoms with van der Waals surface area (Å²) < 4.78 is 30.9. The molecule has 1 aromatic heterocycles. The van der Waals surface area contributed by atoms with Gasteiger partial charge in [-0.3, -0.25) is 8.78 Å². The van der Waals surface area contributed by atoms with E-state index in [1.54, 1.807) is 0 Å². The van der Waals surface area contributed by atoms with Gasteiger partial charge in [-0.2, -0.15) is 4.98 Å². The van der Waals surface area contributed by atoms with Gasteiger partial charge in [0.15, 0.2) is 17.5 Å². The maximum absolute atomic E-state index is 13.3. The van der Waals surface area contributed by atoms with Gasteiger partial charge in [0.05, 0.1) is 28.9 Å². The SMILES string of the molecule is Cc1nc(=O)n([C@@H]2C[S@](=O)[C@H](CO)O2)cc1F. The zero-order valence-corrected chi connectivity index (χ0v) is 9.82. The summed E-state index contributed by atoms with van der Waals surface area (Å²) in [7, 11) is -1.39. The third kappa shape index (κ3) is 2.28. The molecule has 0 unspecified atom stereocenters. The second-order valence-electron chi connectivity index (χ2n) is 3.61. The molecule has 1 saturated heterocycles. The number of aliphatic hydroxyl groups excluding tert-OH is 1. The third-order valence-corrected chi connectivity index (χ3v) is 3.91. The fourth-order valence-corrected chi connectivity index (χ4v) is 2.68. The topological polar surface area (TPSA) is 81.4 Å². The Hall–Kier alpha value is -1.12. The zero-order valence-electron chi connectivity index (χ0n) is 9.00. The van der Waals surface area contributed by atoms with Gasteiger partial charge in [-0.05, 0) is 6.92 Å². The second-order valence-corrected chi connectivity index (χ2v) is 5.23. The van der Waals surface area contributed by atoms with E-state index < -0.39 is 40.6 Å². The van der Waals surface area contributed by atoms with Crippen molar-refractivity contribution in [2.45, 2.75) is 18.6 Å². The number of ether oxygens (including phenoxy) is 1. The molecule has 1 fully saturated rings. The monoisotopic (exact) mass is 262 g/mol. The van der Waals surface area contributed by atoms with Crippen LogP contribution in [-0.4, -0.2) is 36.7 Å². The highest BCUT2D eigenvalue weighted by Crippen LogP contribution is 2.22. The number of hydrogen-bond acceptors (Lipinski definition) is 5. The van der Waals surface area contributed by atoms with Crippen molar-refractivity contribution in [3.05, 3.63) is 28.2 Å². The highest BCUT2D eigenvalue weighted by atomic mass is 32.2. The fourth-order valence-electron chi connectivity index (χ4n) is 1.53. The van der Waals surface area contributed by atoms with Gasteiger partial charge in [0, 0.05) is 6.20 Å². The van der Waals surface area contributed by atoms with Gasteiger partial charge < -0.3 is 9.84 Å². The standard InChI is InChI=1S/C9H11FN2O4S/c1-5-6(10)2-12(9(14)11-5)7-4-17(15)8(3-13)16-7/h2,7-8,13H,3-4H2,1H3/t7-,8+,17-/m0/s1. The molecule has 17 heavy (non-hydrogen) atoms. The average Bonchev–Trinajstić information content (AvgIpc) is 2.65. The molecule has 0 bridgehead atoms. The van der Waals surface area contributed by atoms with Crippen LogP contribution in [0.5, 0.6) is 0 Å². The number of rotatable bonds is 2. The third-order valence-electron chi connectivity index (χ3n) is 2.45. The summed E-state index contributed by atoms with van der Waals surface area (Å²) in [5, 5.41) is 8.87. The summed E-state index contributed by atoms with van der Waals surface area (Å²) in [5.74, 6) is -0.596. The number of aliphatic hydroxyl groups is 1. The predicted molar refractivity (Wildman–Crippen MR) is 57.2 cm³/mol. The van der Waals surface area contributed by atoms with Crippen molar-refractivity contribution in [2.24, 2.45) is 0 Å². The molecule has 94 valence electrons. The van der Waals surface area contributed by atoms with Gasteiger partial charge in [-0.15, -0.1) is 0 Å². The Kier molecular flexibility index (Phi) is 3.36. The van der Waals surface area contributed by atoms with Crippen LogP contribution in [0.15, 0.2) is 11.0 Å². The van der Waals surface area contributed by atoms with E-state index >= 15 is 0 Å². The number of nitrogens with zero attached hydrogens (tertiary/aromatic N) is 2. The lowest BCUT2D eigenvalue weighted by molar-refractivity contribution is -0.00763. The average molecular weight is 262 g/mol. The van der Waals surface area contributed by atoms with E-state index in [-0.39, 0.29) is 11.4 Å². The number of hydrogen-bond donors (Lipinski definition) is 1. The lowest BCUT2D eigenvalue weighted by atomic mass is 10.4. The van der Waals surface area contributed by atoms with Crippen molar-refractivity contribution in [1.82, 2.24) is 9.55 Å². The normalized spacial score (nSPS) is 28.5. The first-order valence-corrected chi connectivity index (χ1v) is 6.30. The molecule has 6 nitrogen and oxygen atoms in total. The van der Waals surface area contributed by atoms with Gasteiger partial charge in [0.1, 0.15) is 0 Å². The molecule has 1 aliphatic rings. The van der Waals surface area contributed by atoms with Crippen LogP contribution in [0.1, 0.15) is 11.9 Å². The first kappa shape index (κ1) is 12.3. The van der Waals surface area contributed by atoms with Gasteiger partial charge in [-0.25, -0.2) is 9.18 Å². The highest BCUT2D eigenvalue weighted by molar-refractivity contribution is 7.85. The van der Waals surface area contributed by atoms with Crippen LogP contribution < -0.4 is 5.69 Å². The molecule has 8 heteroatoms. The highest BCUT2D eigenvalue weighted by Gasteiger charge is 2.33. The Bertz CT molecular complexity index is 518. The number of aryl methyl sites for hydroxylation is 1. The molecule has 3 atom stereocenters. The van der Waals surface area contributed by atoms with Crippen LogP contribution in [-0.2, 0) is 15.5 Å². The van der Waals surface area contributed by atoms with Crippen LogP contribution in [0, 0.1) is 12.7 Å². The van der Waals surface area contributed by atoms with Gasteiger partial charge in [-0.1, -0.05) is 0 Å². The molecule has 2 rings (SSSR count). The Balaban J connectivity index is 2.34. The van der Waals surface area contributed by atoms with E-state index in [9.17, 15) is 13.4 Å². The molecule has 0 spiro atoms. The van der Waals surface area contributed by atoms with Crippen molar-refractivity contribution < 1.29 is 18.4 Å². The van der Waals surface area contributed by atoms with Gasteiger partial charge >= 0.3 is 5.69 Å². The van der Waals surface area contributed by atoms with Gasteiger partial charge in [0.2, 0.25) is 0 Å². The molecular weight excluding hydrogens is 251 g/mol. The summed E-state index contributed by atoms with van der Waals surface area (Å²) in [6.45, 7) is 0.977. The Labute approximate surface area is 98.5 Å². The summed E-state index contributed by atoms with van der Waals surface area (Å²) in [5.41, 5.74) is -1.50. The Morgan fingerprint density at radius 2 is 2.47 bits per heavy atom. The Morgan fingerprint density at radius 1 is 1.76 bits per heavy atom. The quantitative estimate of drug-likeness (QED) is 0.761. The summed E-state index contributed by atoms with van der Waals surface area (Å²) in [6.07, 6.45) is 0.134. The van der Waals surface area contributed by atoms with E-state index in [0.717, 1.165) is 10.8 Å². The number of halogens is 1. The minimum absolute atomic E-state index is 0.00378. The molecule has 0 aromatic carbocycles. The maximum Gasteiger partial charge on any atom is 0.350 e. The Morgan fingerprint density at radius 3 is 3.06 bits per heavy atom. The molecule has 1 N–H and O–H groups in total. The molecule has 0 aliphatic carbocycles. The van der Waals surface area contributed by atoms with Crippen LogP contribution in [0.3, 0.4) is 0 Å². The van der Waals surface area contributed by atoms with Crippen molar-refractivity contribution >= 4 is 10.8 Å². The van der Waals surface area contributed by atoms with Crippen molar-refractivity contribution in [3.63, 3.8) is 0 Å². The van der Waals surface area contributed by atoms with E-state index in [2.05, 4.69) is 4.98 Å². The molecule has 1 aromatic rings. The van der Waals surface area contributed by atoms with Crippen molar-refractivity contribution in [1.29, 1.82) is 0 Å². The predicted octanol–water partition coefficient (Wildman–Crippen LogP) is -0.713. The molecule has 2 heterocycles. The van der Waals surface area contributed by atoms with E-state index in [1.165, 1.54) is 6.92 Å². The maximum atomic E-state index is 13.3. The molecule has 0 radical (unpaired) electrons. The smallest absolute Gasteiger partial charge is 0.350 e. The summed E-state index contributed by atoms with van der Waals surface area (Å²) in [4.78, 5) is 15.0. The molecule has 0 amide bonds. The lowest BCUT2D eigenvalue weighted by Crippen LogP contribution is -2.29. The van der Waals surface area contributed by atoms with Crippen molar-refractivity contribution in [2.75, 3.05) is 12.4 Å². The second kappa shape index (κ2) is 4.63. The number of aromatic nitrogens is 2. The lowest BCUT2D eigenvalue weighted by Gasteiger charge is -2.13. The molecular formula is C9H11FN2O4S. The van der Waals surface area contributed by atoms with E-state index in [0.29, 0.717) is 0 Å². The summed E-state index contributed by atoms with van der Waals surface area (Å²) >= 11 is 0. The van der Waals surface area contributed by atoms with Gasteiger partial charge in [0.25, 0.3) is 0 Å². The minimum atomic E-state index is -1.39. The van der Waals surface area contributed by atoms with Crippen LogP contribution in [0.25, 0.3) is 0 Å². The van der Waals surface area contributed by atoms with E-state index in [4.69, 9.17) is 9.84 Å².